The average Bonchev–Trinajstić information content (AvgIpc) is 2.78. The Bertz CT molecular complexity index is 1090. The van der Waals surface area contributed by atoms with E-state index in [4.69, 9.17) is 5.11 Å². The minimum Gasteiger partial charge on any atom is -0.478 e. The van der Waals surface area contributed by atoms with Crippen LogP contribution in [0.25, 0.3) is 22.3 Å². The van der Waals surface area contributed by atoms with E-state index in [1.165, 1.54) is 0 Å². The van der Waals surface area contributed by atoms with E-state index in [0.29, 0.717) is 0 Å². The monoisotopic (exact) mass is 432 g/mol. The highest BCUT2D eigenvalue weighted by Gasteiger charge is 2.12. The molecule has 3 aromatic rings. The van der Waals surface area contributed by atoms with Gasteiger partial charge in [-0.15, -0.1) is 0 Å². The molecule has 3 aromatic carbocycles. The summed E-state index contributed by atoms with van der Waals surface area (Å²) in [6, 6.07) is 20.0. The topological polar surface area (TPSA) is 81.1 Å². The Labute approximate surface area is 188 Å². The third-order valence-corrected chi connectivity index (χ3v) is 5.38. The number of carboxylic acids is 2. The Hall–Kier alpha value is -3.48. The third kappa shape index (κ3) is 5.81. The maximum atomic E-state index is 11.2. The molecule has 2 N–H and O–H groups in total. The predicted molar refractivity (Wildman–Crippen MR) is 126 cm³/mol. The molecule has 0 atom stereocenters. The Morgan fingerprint density at radius 1 is 0.688 bits per heavy atom. The molecule has 0 aromatic heterocycles. The smallest absolute Gasteiger partial charge is 0.335 e. The minimum absolute atomic E-state index is 0.257. The second-order valence-corrected chi connectivity index (χ2v) is 8.18. The van der Waals surface area contributed by atoms with Crippen LogP contribution in [-0.2, 0) is 6.54 Å². The summed E-state index contributed by atoms with van der Waals surface area (Å²) in [5, 5.41) is 18.3. The quantitative estimate of drug-likeness (QED) is 0.521. The van der Waals surface area contributed by atoms with Gasteiger partial charge in [-0.25, -0.2) is 9.59 Å². The van der Waals surface area contributed by atoms with E-state index >= 15 is 0 Å². The lowest BCUT2D eigenvalue weighted by molar-refractivity contribution is 0.0686. The molecule has 0 heterocycles. The van der Waals surface area contributed by atoms with Crippen molar-refractivity contribution in [3.8, 4) is 22.3 Å². The molecular formula is C26H28N2O4. The van der Waals surface area contributed by atoms with Crippen LogP contribution in [0, 0.1) is 0 Å². The van der Waals surface area contributed by atoms with E-state index in [0.717, 1.165) is 47.5 Å². The molecule has 0 unspecified atom stereocenters. The van der Waals surface area contributed by atoms with Crippen molar-refractivity contribution in [2.45, 2.75) is 6.54 Å². The van der Waals surface area contributed by atoms with Crippen LogP contribution in [0.4, 0.5) is 0 Å². The van der Waals surface area contributed by atoms with E-state index < -0.39 is 11.9 Å². The van der Waals surface area contributed by atoms with Gasteiger partial charge in [-0.2, -0.15) is 0 Å². The number of aromatic carboxylic acids is 2. The second-order valence-electron chi connectivity index (χ2n) is 8.18. The molecule has 6 heteroatoms. The summed E-state index contributed by atoms with van der Waals surface area (Å²) in [7, 11) is 6.17. The lowest BCUT2D eigenvalue weighted by Gasteiger charge is -2.22. The minimum atomic E-state index is -0.945. The van der Waals surface area contributed by atoms with Gasteiger partial charge in [0.1, 0.15) is 0 Å². The molecule has 0 amide bonds. The molecule has 0 saturated carbocycles. The maximum Gasteiger partial charge on any atom is 0.335 e. The van der Waals surface area contributed by atoms with Crippen molar-refractivity contribution in [1.82, 2.24) is 9.80 Å². The summed E-state index contributed by atoms with van der Waals surface area (Å²) in [5.74, 6) is -1.89. The largest absolute Gasteiger partial charge is 0.478 e. The highest BCUT2D eigenvalue weighted by Crippen LogP contribution is 2.30. The number of benzene rings is 3. The van der Waals surface area contributed by atoms with Crippen LogP contribution in [0.3, 0.4) is 0 Å². The van der Waals surface area contributed by atoms with Crippen LogP contribution < -0.4 is 0 Å². The van der Waals surface area contributed by atoms with Crippen LogP contribution in [0.15, 0.2) is 66.7 Å². The van der Waals surface area contributed by atoms with Gasteiger partial charge < -0.3 is 20.0 Å². The molecule has 0 spiro atoms. The van der Waals surface area contributed by atoms with Crippen molar-refractivity contribution in [3.63, 3.8) is 0 Å². The zero-order chi connectivity index (χ0) is 23.3. The first-order valence-electron chi connectivity index (χ1n) is 10.4. The molecule has 0 saturated heterocycles. The van der Waals surface area contributed by atoms with E-state index in [9.17, 15) is 14.7 Å². The first-order valence-corrected chi connectivity index (χ1v) is 10.4. The van der Waals surface area contributed by atoms with Crippen LogP contribution >= 0.6 is 0 Å². The molecular weight excluding hydrogens is 404 g/mol. The SMILES string of the molecule is CN(C)CCN(C)Cc1cc(-c2ccc(C(=O)O)cc2)ccc1-c1ccc(C(=O)O)cc1. The summed E-state index contributed by atoms with van der Waals surface area (Å²) >= 11 is 0. The summed E-state index contributed by atoms with van der Waals surface area (Å²) in [4.78, 5) is 26.8. The lowest BCUT2D eigenvalue weighted by atomic mass is 9.94. The Morgan fingerprint density at radius 2 is 1.19 bits per heavy atom. The number of nitrogens with zero attached hydrogens (tertiary/aromatic N) is 2. The maximum absolute atomic E-state index is 11.2. The first-order chi connectivity index (χ1) is 15.2. The Kier molecular flexibility index (Phi) is 7.41. The van der Waals surface area contributed by atoms with E-state index in [2.05, 4.69) is 22.9 Å². The van der Waals surface area contributed by atoms with Gasteiger partial charge in [0.2, 0.25) is 0 Å². The van der Waals surface area contributed by atoms with Crippen LogP contribution in [0.2, 0.25) is 0 Å². The standard InChI is InChI=1S/C26H28N2O4/c1-27(2)14-15-28(3)17-23-16-22(18-4-8-20(9-5-18)25(29)30)12-13-24(23)19-6-10-21(11-7-19)26(31)32/h4-13,16H,14-15,17H2,1-3H3,(H,29,30)(H,31,32). The van der Waals surface area contributed by atoms with E-state index in [-0.39, 0.29) is 11.1 Å². The van der Waals surface area contributed by atoms with Gasteiger partial charge >= 0.3 is 11.9 Å². The molecule has 0 aliphatic rings. The zero-order valence-electron chi connectivity index (χ0n) is 18.6. The van der Waals surface area contributed by atoms with Crippen molar-refractivity contribution in [2.24, 2.45) is 0 Å². The number of carboxylic acid groups (broad SMARTS) is 2. The number of carbonyl (C=O) groups is 2. The highest BCUT2D eigenvalue weighted by molar-refractivity contribution is 5.89. The molecule has 0 aliphatic heterocycles. The zero-order valence-corrected chi connectivity index (χ0v) is 18.6. The fourth-order valence-corrected chi connectivity index (χ4v) is 3.52. The van der Waals surface area contributed by atoms with Crippen molar-refractivity contribution in [3.05, 3.63) is 83.4 Å². The number of hydrogen-bond donors (Lipinski definition) is 2. The van der Waals surface area contributed by atoms with Gasteiger partial charge in [0, 0.05) is 19.6 Å². The van der Waals surface area contributed by atoms with Gasteiger partial charge in [0.15, 0.2) is 0 Å². The van der Waals surface area contributed by atoms with Crippen molar-refractivity contribution in [1.29, 1.82) is 0 Å². The first kappa shape index (κ1) is 23.2. The summed E-state index contributed by atoms with van der Waals surface area (Å²) in [5.41, 5.74) is 5.59. The molecule has 0 bridgehead atoms. The van der Waals surface area contributed by atoms with Gasteiger partial charge in [-0.05, 0) is 79.3 Å². The Morgan fingerprint density at radius 3 is 1.69 bits per heavy atom. The fraction of sp³-hybridized carbons (Fsp3) is 0.231. The molecule has 0 radical (unpaired) electrons. The predicted octanol–water partition coefficient (Wildman–Crippen LogP) is 4.41. The van der Waals surface area contributed by atoms with Crippen molar-refractivity contribution in [2.75, 3.05) is 34.2 Å². The van der Waals surface area contributed by atoms with Crippen LogP contribution in [-0.4, -0.2) is 66.2 Å². The molecule has 6 nitrogen and oxygen atoms in total. The van der Waals surface area contributed by atoms with Gasteiger partial charge in [0.25, 0.3) is 0 Å². The highest BCUT2D eigenvalue weighted by atomic mass is 16.4. The van der Waals surface area contributed by atoms with E-state index in [1.807, 2.05) is 50.5 Å². The van der Waals surface area contributed by atoms with Gasteiger partial charge in [-0.3, -0.25) is 0 Å². The summed E-state index contributed by atoms with van der Waals surface area (Å²) in [6.45, 7) is 2.57. The fourth-order valence-electron chi connectivity index (χ4n) is 3.52. The second kappa shape index (κ2) is 10.2. The van der Waals surface area contributed by atoms with Crippen LogP contribution in [0.5, 0.6) is 0 Å². The lowest BCUT2D eigenvalue weighted by Crippen LogP contribution is -2.28. The van der Waals surface area contributed by atoms with Crippen molar-refractivity contribution >= 4 is 11.9 Å². The molecule has 166 valence electrons. The summed E-state index contributed by atoms with van der Waals surface area (Å²) in [6.07, 6.45) is 0. The Balaban J connectivity index is 1.98. The molecule has 0 fully saturated rings. The average molecular weight is 433 g/mol. The van der Waals surface area contributed by atoms with Crippen molar-refractivity contribution < 1.29 is 19.8 Å². The van der Waals surface area contributed by atoms with Gasteiger partial charge in [0.05, 0.1) is 11.1 Å². The number of hydrogen-bond acceptors (Lipinski definition) is 4. The third-order valence-electron chi connectivity index (χ3n) is 5.38. The summed E-state index contributed by atoms with van der Waals surface area (Å²) < 4.78 is 0. The molecule has 32 heavy (non-hydrogen) atoms. The molecule has 3 rings (SSSR count). The van der Waals surface area contributed by atoms with Gasteiger partial charge in [-0.1, -0.05) is 36.4 Å². The normalized spacial score (nSPS) is 11.2. The van der Waals surface area contributed by atoms with E-state index in [1.54, 1.807) is 24.3 Å². The number of rotatable bonds is 9. The molecule has 0 aliphatic carbocycles. The van der Waals surface area contributed by atoms with Crippen LogP contribution in [0.1, 0.15) is 26.3 Å². The number of likely N-dealkylation sites (N-methyl/N-ethyl adjacent to an activating group) is 2.